The van der Waals surface area contributed by atoms with Crippen molar-refractivity contribution in [2.24, 2.45) is 5.14 Å². The number of halogens is 1. The van der Waals surface area contributed by atoms with Gasteiger partial charge in [0.15, 0.2) is 5.16 Å². The van der Waals surface area contributed by atoms with Crippen LogP contribution in [0, 0.1) is 3.57 Å². The van der Waals surface area contributed by atoms with Crippen LogP contribution >= 0.6 is 34.4 Å². The molecular formula is C6H8IN3O2S2. The molecule has 1 heterocycles. The highest BCUT2D eigenvalue weighted by Crippen LogP contribution is 2.12. The summed E-state index contributed by atoms with van der Waals surface area (Å²) in [6.07, 6.45) is 3.35. The van der Waals surface area contributed by atoms with E-state index in [0.29, 0.717) is 10.9 Å². The molecule has 0 aliphatic rings. The normalized spacial score (nSPS) is 11.6. The zero-order chi connectivity index (χ0) is 10.6. The Morgan fingerprint density at radius 2 is 2.00 bits per heavy atom. The summed E-state index contributed by atoms with van der Waals surface area (Å²) in [6.45, 7) is 0. The van der Waals surface area contributed by atoms with Gasteiger partial charge >= 0.3 is 0 Å². The van der Waals surface area contributed by atoms with Gasteiger partial charge in [0.25, 0.3) is 0 Å². The number of primary sulfonamides is 1. The van der Waals surface area contributed by atoms with E-state index in [1.807, 2.05) is 0 Å². The topological polar surface area (TPSA) is 85.9 Å². The summed E-state index contributed by atoms with van der Waals surface area (Å²) in [5.74, 6) is 0.312. The van der Waals surface area contributed by atoms with Crippen molar-refractivity contribution in [2.75, 3.05) is 11.5 Å². The van der Waals surface area contributed by atoms with E-state index in [1.165, 1.54) is 11.8 Å². The van der Waals surface area contributed by atoms with Crippen molar-refractivity contribution in [3.8, 4) is 0 Å². The van der Waals surface area contributed by atoms with E-state index in [-0.39, 0.29) is 5.75 Å². The third-order valence-electron chi connectivity index (χ3n) is 1.20. The number of rotatable bonds is 4. The van der Waals surface area contributed by atoms with Gasteiger partial charge in [0, 0.05) is 21.7 Å². The van der Waals surface area contributed by atoms with E-state index in [2.05, 4.69) is 32.6 Å². The zero-order valence-corrected chi connectivity index (χ0v) is 10.8. The van der Waals surface area contributed by atoms with E-state index < -0.39 is 10.0 Å². The van der Waals surface area contributed by atoms with Crippen LogP contribution in [0.15, 0.2) is 17.6 Å². The minimum atomic E-state index is -3.38. The van der Waals surface area contributed by atoms with Crippen LogP contribution in [-0.2, 0) is 10.0 Å². The summed E-state index contributed by atoms with van der Waals surface area (Å²) < 4.78 is 22.1. The van der Waals surface area contributed by atoms with Crippen LogP contribution in [0.5, 0.6) is 0 Å². The third-order valence-corrected chi connectivity index (χ3v) is 3.66. The number of thioether (sulfide) groups is 1. The lowest BCUT2D eigenvalue weighted by Crippen LogP contribution is -2.17. The summed E-state index contributed by atoms with van der Waals surface area (Å²) in [7, 11) is -3.38. The highest BCUT2D eigenvalue weighted by Gasteiger charge is 2.04. The second kappa shape index (κ2) is 5.24. The molecule has 0 saturated heterocycles. The van der Waals surface area contributed by atoms with Crippen LogP contribution in [0.2, 0.25) is 0 Å². The standard InChI is InChI=1S/C6H8IN3O2S2/c7-5-3-9-6(10-4-5)13-1-2-14(8,11)12/h3-4H,1-2H2,(H2,8,11,12). The summed E-state index contributed by atoms with van der Waals surface area (Å²) in [5, 5.41) is 5.40. The molecule has 0 amide bonds. The Balaban J connectivity index is 2.43. The largest absolute Gasteiger partial charge is 0.230 e. The van der Waals surface area contributed by atoms with E-state index >= 15 is 0 Å². The monoisotopic (exact) mass is 345 g/mol. The molecule has 78 valence electrons. The maximum Gasteiger partial charge on any atom is 0.209 e. The third kappa shape index (κ3) is 5.08. The van der Waals surface area contributed by atoms with Gasteiger partial charge in [-0.1, -0.05) is 11.8 Å². The van der Waals surface area contributed by atoms with Crippen LogP contribution in [0.4, 0.5) is 0 Å². The Labute approximate surface area is 100 Å². The van der Waals surface area contributed by atoms with Crippen molar-refractivity contribution in [1.82, 2.24) is 9.97 Å². The molecular weight excluding hydrogens is 337 g/mol. The lowest BCUT2D eigenvalue weighted by atomic mass is 10.7. The van der Waals surface area contributed by atoms with E-state index in [0.717, 1.165) is 3.57 Å². The Kier molecular flexibility index (Phi) is 4.54. The van der Waals surface area contributed by atoms with Gasteiger partial charge in [-0.2, -0.15) is 0 Å². The van der Waals surface area contributed by atoms with Crippen LogP contribution in [-0.4, -0.2) is 29.9 Å². The molecule has 2 N–H and O–H groups in total. The summed E-state index contributed by atoms with van der Waals surface area (Å²) in [4.78, 5) is 8.01. The molecule has 0 bridgehead atoms. The van der Waals surface area contributed by atoms with E-state index in [9.17, 15) is 8.42 Å². The predicted octanol–water partition coefficient (Wildman–Crippen LogP) is 0.462. The number of nitrogens with zero attached hydrogens (tertiary/aromatic N) is 2. The second-order valence-corrected chi connectivity index (χ2v) is 6.44. The Bertz CT molecular complexity index is 392. The molecule has 1 aromatic rings. The molecule has 0 aliphatic heterocycles. The first-order chi connectivity index (χ1) is 6.47. The first-order valence-corrected chi connectivity index (χ1v) is 7.36. The first kappa shape index (κ1) is 12.1. The van der Waals surface area contributed by atoms with Crippen molar-refractivity contribution in [3.63, 3.8) is 0 Å². The predicted molar refractivity (Wildman–Crippen MR) is 63.4 cm³/mol. The molecule has 0 spiro atoms. The van der Waals surface area contributed by atoms with Gasteiger partial charge in [0.05, 0.1) is 5.75 Å². The SMILES string of the molecule is NS(=O)(=O)CCSc1ncc(I)cn1. The van der Waals surface area contributed by atoms with Gasteiger partial charge in [0.2, 0.25) is 10.0 Å². The Hall–Kier alpha value is 0.0700. The summed E-state index contributed by atoms with van der Waals surface area (Å²) in [6, 6.07) is 0. The minimum absolute atomic E-state index is 0.0625. The zero-order valence-electron chi connectivity index (χ0n) is 7.05. The number of hydrogen-bond donors (Lipinski definition) is 1. The van der Waals surface area contributed by atoms with Gasteiger partial charge in [-0.3, -0.25) is 0 Å². The van der Waals surface area contributed by atoms with Crippen molar-refractivity contribution >= 4 is 44.4 Å². The maximum atomic E-state index is 10.6. The molecule has 14 heavy (non-hydrogen) atoms. The molecule has 5 nitrogen and oxygen atoms in total. The lowest BCUT2D eigenvalue weighted by Gasteiger charge is -1.98. The molecule has 0 unspecified atom stereocenters. The number of sulfonamides is 1. The van der Waals surface area contributed by atoms with Crippen LogP contribution in [0.25, 0.3) is 0 Å². The molecule has 1 rings (SSSR count). The average molecular weight is 345 g/mol. The highest BCUT2D eigenvalue weighted by molar-refractivity contribution is 14.1. The second-order valence-electron chi connectivity index (χ2n) is 2.40. The van der Waals surface area contributed by atoms with Crippen LogP contribution < -0.4 is 5.14 Å². The van der Waals surface area contributed by atoms with Crippen molar-refractivity contribution in [2.45, 2.75) is 5.16 Å². The fraction of sp³-hybridized carbons (Fsp3) is 0.333. The fourth-order valence-electron chi connectivity index (χ4n) is 0.624. The molecule has 8 heteroatoms. The van der Waals surface area contributed by atoms with Gasteiger partial charge in [0.1, 0.15) is 0 Å². The number of nitrogens with two attached hydrogens (primary N) is 1. The van der Waals surface area contributed by atoms with Crippen LogP contribution in [0.3, 0.4) is 0 Å². The maximum absolute atomic E-state index is 10.6. The molecule has 0 atom stereocenters. The lowest BCUT2D eigenvalue weighted by molar-refractivity contribution is 0.599. The van der Waals surface area contributed by atoms with Crippen molar-refractivity contribution in [1.29, 1.82) is 0 Å². The molecule has 0 aromatic carbocycles. The number of hydrogen-bond acceptors (Lipinski definition) is 5. The van der Waals surface area contributed by atoms with Crippen LogP contribution in [0.1, 0.15) is 0 Å². The Morgan fingerprint density at radius 3 is 2.50 bits per heavy atom. The van der Waals surface area contributed by atoms with Gasteiger partial charge in [-0.25, -0.2) is 23.5 Å². The smallest absolute Gasteiger partial charge is 0.209 e. The first-order valence-electron chi connectivity index (χ1n) is 3.58. The number of aromatic nitrogens is 2. The molecule has 1 aromatic heterocycles. The molecule has 0 saturated carbocycles. The average Bonchev–Trinajstić information content (AvgIpc) is 2.06. The van der Waals surface area contributed by atoms with Gasteiger partial charge in [-0.15, -0.1) is 0 Å². The summed E-state index contributed by atoms with van der Waals surface area (Å²) >= 11 is 3.37. The fourth-order valence-corrected chi connectivity index (χ4v) is 2.60. The quantitative estimate of drug-likeness (QED) is 0.487. The molecule has 0 aliphatic carbocycles. The van der Waals surface area contributed by atoms with Crippen molar-refractivity contribution < 1.29 is 8.42 Å². The van der Waals surface area contributed by atoms with Gasteiger partial charge < -0.3 is 0 Å². The summed E-state index contributed by atoms with van der Waals surface area (Å²) in [5.41, 5.74) is 0. The Morgan fingerprint density at radius 1 is 1.43 bits per heavy atom. The van der Waals surface area contributed by atoms with Gasteiger partial charge in [-0.05, 0) is 22.6 Å². The molecule has 0 radical (unpaired) electrons. The van der Waals surface area contributed by atoms with E-state index in [1.54, 1.807) is 12.4 Å². The van der Waals surface area contributed by atoms with Crippen molar-refractivity contribution in [3.05, 3.63) is 16.0 Å². The molecule has 0 fully saturated rings. The minimum Gasteiger partial charge on any atom is -0.230 e. The highest BCUT2D eigenvalue weighted by atomic mass is 127. The van der Waals surface area contributed by atoms with E-state index in [4.69, 9.17) is 5.14 Å².